The van der Waals surface area contributed by atoms with Crippen LogP contribution >= 0.6 is 34.7 Å². The van der Waals surface area contributed by atoms with Crippen molar-refractivity contribution in [2.45, 2.75) is 31.6 Å². The van der Waals surface area contributed by atoms with Gasteiger partial charge in [0, 0.05) is 29.4 Å². The molecule has 0 aliphatic heterocycles. The summed E-state index contributed by atoms with van der Waals surface area (Å²) < 4.78 is 1.17. The molecule has 1 amide bonds. The van der Waals surface area contributed by atoms with Crippen molar-refractivity contribution in [3.63, 3.8) is 0 Å². The Hall–Kier alpha value is -1.60. The standard InChI is InChI=1S/C23H28ClN3OS2/c1-16-7-8-17(2)22-21(16)25-23(30-22)27(14-13-26(3)4)20(28)6-5-15-29-19-11-9-18(24)10-12-19/h7-12H,5-6,13-15H2,1-4H3. The number of halogens is 1. The molecule has 1 aromatic heterocycles. The van der Waals surface area contributed by atoms with Crippen LogP contribution in [0.2, 0.25) is 5.02 Å². The maximum atomic E-state index is 13.1. The number of thiazole rings is 1. The van der Waals surface area contributed by atoms with Gasteiger partial charge in [-0.25, -0.2) is 4.98 Å². The van der Waals surface area contributed by atoms with E-state index in [0.717, 1.165) is 40.0 Å². The molecule has 0 saturated carbocycles. The van der Waals surface area contributed by atoms with E-state index in [1.165, 1.54) is 15.2 Å². The van der Waals surface area contributed by atoms with Crippen molar-refractivity contribution in [1.29, 1.82) is 0 Å². The van der Waals surface area contributed by atoms with Gasteiger partial charge in [-0.05, 0) is 75.5 Å². The minimum Gasteiger partial charge on any atom is -0.308 e. The lowest BCUT2D eigenvalue weighted by atomic mass is 10.1. The average molecular weight is 462 g/mol. The number of hydrogen-bond acceptors (Lipinski definition) is 5. The van der Waals surface area contributed by atoms with E-state index in [1.807, 2.05) is 43.3 Å². The molecule has 0 spiro atoms. The van der Waals surface area contributed by atoms with Gasteiger partial charge in [0.05, 0.1) is 10.2 Å². The van der Waals surface area contributed by atoms with Crippen LogP contribution in [-0.4, -0.2) is 48.7 Å². The van der Waals surface area contributed by atoms with Crippen molar-refractivity contribution in [3.05, 3.63) is 52.5 Å². The van der Waals surface area contributed by atoms with Crippen LogP contribution < -0.4 is 4.90 Å². The van der Waals surface area contributed by atoms with Crippen LogP contribution in [0, 0.1) is 13.8 Å². The average Bonchev–Trinajstić information content (AvgIpc) is 3.16. The van der Waals surface area contributed by atoms with Crippen LogP contribution in [0.3, 0.4) is 0 Å². The predicted molar refractivity (Wildman–Crippen MR) is 131 cm³/mol. The first-order valence-corrected chi connectivity index (χ1v) is 12.2. The van der Waals surface area contributed by atoms with Crippen molar-refractivity contribution < 1.29 is 4.79 Å². The molecule has 2 aromatic carbocycles. The molecule has 4 nitrogen and oxygen atoms in total. The lowest BCUT2D eigenvalue weighted by Crippen LogP contribution is -2.36. The summed E-state index contributed by atoms with van der Waals surface area (Å²) in [6.07, 6.45) is 1.34. The maximum absolute atomic E-state index is 13.1. The number of thioether (sulfide) groups is 1. The first-order valence-electron chi connectivity index (χ1n) is 10.1. The van der Waals surface area contributed by atoms with Crippen LogP contribution in [0.15, 0.2) is 41.3 Å². The predicted octanol–water partition coefficient (Wildman–Crippen LogP) is 6.03. The number of likely N-dealkylation sites (N-methyl/N-ethyl adjacent to an activating group) is 1. The van der Waals surface area contributed by atoms with Crippen LogP contribution in [0.5, 0.6) is 0 Å². The van der Waals surface area contributed by atoms with Crippen LogP contribution in [0.25, 0.3) is 10.2 Å². The number of fused-ring (bicyclic) bond motifs is 1. The molecule has 0 bridgehead atoms. The second-order valence-corrected chi connectivity index (χ2v) is 10.2. The Morgan fingerprint density at radius 2 is 1.77 bits per heavy atom. The van der Waals surface area contributed by atoms with Gasteiger partial charge in [-0.1, -0.05) is 35.1 Å². The Balaban J connectivity index is 1.68. The first kappa shape index (κ1) is 23.1. The zero-order chi connectivity index (χ0) is 21.7. The maximum Gasteiger partial charge on any atom is 0.228 e. The minimum atomic E-state index is 0.142. The molecule has 0 aliphatic rings. The Morgan fingerprint density at radius 1 is 1.07 bits per heavy atom. The number of carbonyl (C=O) groups is 1. The topological polar surface area (TPSA) is 36.4 Å². The third-order valence-corrected chi connectivity index (χ3v) is 7.41. The third kappa shape index (κ3) is 5.97. The molecule has 30 heavy (non-hydrogen) atoms. The number of aryl methyl sites for hydroxylation is 2. The molecule has 7 heteroatoms. The fraction of sp³-hybridized carbons (Fsp3) is 0.391. The van der Waals surface area contributed by atoms with Crippen molar-refractivity contribution in [3.8, 4) is 0 Å². The molecule has 0 aliphatic carbocycles. The monoisotopic (exact) mass is 461 g/mol. The van der Waals surface area contributed by atoms with Gasteiger partial charge >= 0.3 is 0 Å². The van der Waals surface area contributed by atoms with E-state index in [0.29, 0.717) is 13.0 Å². The van der Waals surface area contributed by atoms with E-state index in [2.05, 4.69) is 30.9 Å². The summed E-state index contributed by atoms with van der Waals surface area (Å²) in [4.78, 5) is 23.1. The van der Waals surface area contributed by atoms with Gasteiger partial charge in [0.15, 0.2) is 5.13 Å². The first-order chi connectivity index (χ1) is 14.3. The number of aromatic nitrogens is 1. The molecule has 1 heterocycles. The Kier molecular flexibility index (Phi) is 8.17. The summed E-state index contributed by atoms with van der Waals surface area (Å²) in [7, 11) is 4.05. The van der Waals surface area contributed by atoms with Crippen molar-refractivity contribution >= 4 is 56.0 Å². The van der Waals surface area contributed by atoms with E-state index in [1.54, 1.807) is 23.1 Å². The number of carbonyl (C=O) groups excluding carboxylic acids is 1. The fourth-order valence-electron chi connectivity index (χ4n) is 3.07. The number of anilines is 1. The summed E-state index contributed by atoms with van der Waals surface area (Å²) in [5, 5.41) is 1.55. The molecule has 0 N–H and O–H groups in total. The van der Waals surface area contributed by atoms with Gasteiger partial charge in [0.1, 0.15) is 0 Å². The van der Waals surface area contributed by atoms with Gasteiger partial charge in [-0.15, -0.1) is 11.8 Å². The van der Waals surface area contributed by atoms with E-state index in [4.69, 9.17) is 16.6 Å². The molecule has 160 valence electrons. The normalized spacial score (nSPS) is 11.4. The Labute approximate surface area is 192 Å². The Bertz CT molecular complexity index is 963. The molecule has 0 fully saturated rings. The number of nitrogens with zero attached hydrogens (tertiary/aromatic N) is 3. The van der Waals surface area contributed by atoms with Crippen molar-refractivity contribution in [2.24, 2.45) is 0 Å². The lowest BCUT2D eigenvalue weighted by Gasteiger charge is -2.22. The molecular weight excluding hydrogens is 434 g/mol. The minimum absolute atomic E-state index is 0.142. The number of amides is 1. The molecule has 0 atom stereocenters. The molecule has 0 saturated heterocycles. The smallest absolute Gasteiger partial charge is 0.228 e. The third-order valence-electron chi connectivity index (χ3n) is 4.85. The number of hydrogen-bond donors (Lipinski definition) is 0. The summed E-state index contributed by atoms with van der Waals surface area (Å²) >= 11 is 9.32. The summed E-state index contributed by atoms with van der Waals surface area (Å²) in [5.74, 6) is 1.04. The van der Waals surface area contributed by atoms with E-state index in [9.17, 15) is 4.79 Å². The van der Waals surface area contributed by atoms with Gasteiger partial charge in [0.25, 0.3) is 0 Å². The Morgan fingerprint density at radius 3 is 2.43 bits per heavy atom. The zero-order valence-corrected chi connectivity index (χ0v) is 20.3. The molecule has 0 unspecified atom stereocenters. The number of rotatable bonds is 9. The zero-order valence-electron chi connectivity index (χ0n) is 17.9. The van der Waals surface area contributed by atoms with Crippen LogP contribution in [0.4, 0.5) is 5.13 Å². The molecule has 3 aromatic rings. The number of benzene rings is 2. The molecule has 0 radical (unpaired) electrons. The van der Waals surface area contributed by atoms with E-state index in [-0.39, 0.29) is 5.91 Å². The summed E-state index contributed by atoms with van der Waals surface area (Å²) in [6.45, 7) is 5.63. The second kappa shape index (κ2) is 10.6. The van der Waals surface area contributed by atoms with Crippen molar-refractivity contribution in [2.75, 3.05) is 37.8 Å². The summed E-state index contributed by atoms with van der Waals surface area (Å²) in [6, 6.07) is 12.1. The van der Waals surface area contributed by atoms with E-state index < -0.39 is 0 Å². The second-order valence-electron chi connectivity index (χ2n) is 7.63. The molecule has 3 rings (SSSR count). The van der Waals surface area contributed by atoms with E-state index >= 15 is 0 Å². The summed E-state index contributed by atoms with van der Waals surface area (Å²) in [5.41, 5.74) is 3.37. The highest BCUT2D eigenvalue weighted by Crippen LogP contribution is 2.33. The fourth-order valence-corrected chi connectivity index (χ4v) is 5.20. The highest BCUT2D eigenvalue weighted by molar-refractivity contribution is 7.99. The lowest BCUT2D eigenvalue weighted by molar-refractivity contribution is -0.118. The van der Waals surface area contributed by atoms with Gasteiger partial charge in [0.2, 0.25) is 5.91 Å². The largest absolute Gasteiger partial charge is 0.308 e. The van der Waals surface area contributed by atoms with Gasteiger partial charge < -0.3 is 4.90 Å². The SMILES string of the molecule is Cc1ccc(C)c2sc(N(CCN(C)C)C(=O)CCCSc3ccc(Cl)cc3)nc12. The van der Waals surface area contributed by atoms with Gasteiger partial charge in [-0.2, -0.15) is 0 Å². The van der Waals surface area contributed by atoms with Crippen LogP contribution in [0.1, 0.15) is 24.0 Å². The van der Waals surface area contributed by atoms with Crippen molar-refractivity contribution in [1.82, 2.24) is 9.88 Å². The van der Waals surface area contributed by atoms with Crippen LogP contribution in [-0.2, 0) is 4.79 Å². The quantitative estimate of drug-likeness (QED) is 0.288. The molecular formula is C23H28ClN3OS2. The van der Waals surface area contributed by atoms with Gasteiger partial charge in [-0.3, -0.25) is 9.69 Å². The highest BCUT2D eigenvalue weighted by Gasteiger charge is 2.20. The highest BCUT2D eigenvalue weighted by atomic mass is 35.5.